The zero-order valence-electron chi connectivity index (χ0n) is 10.7. The molecule has 1 aliphatic carbocycles. The van der Waals surface area contributed by atoms with Gasteiger partial charge in [-0.05, 0) is 55.4 Å². The maximum absolute atomic E-state index is 12.1. The Morgan fingerprint density at radius 3 is 2.37 bits per heavy atom. The summed E-state index contributed by atoms with van der Waals surface area (Å²) in [6.07, 6.45) is 5.27. The zero-order chi connectivity index (χ0) is 13.8. The SMILES string of the molecule is O=C(O)CCCC(=O)c1cc2c(cc1Br)CCCC2. The monoisotopic (exact) mass is 324 g/mol. The summed E-state index contributed by atoms with van der Waals surface area (Å²) >= 11 is 3.46. The average molecular weight is 325 g/mol. The third-order valence-corrected chi connectivity index (χ3v) is 4.18. The highest BCUT2D eigenvalue weighted by atomic mass is 79.9. The fourth-order valence-corrected chi connectivity index (χ4v) is 3.12. The summed E-state index contributed by atoms with van der Waals surface area (Å²) in [5.41, 5.74) is 3.31. The number of carbonyl (C=O) groups is 2. The lowest BCUT2D eigenvalue weighted by Gasteiger charge is -2.17. The van der Waals surface area contributed by atoms with Crippen molar-refractivity contribution in [2.24, 2.45) is 0 Å². The van der Waals surface area contributed by atoms with Crippen LogP contribution in [0, 0.1) is 0 Å². The molecule has 0 saturated heterocycles. The van der Waals surface area contributed by atoms with Crippen LogP contribution < -0.4 is 0 Å². The van der Waals surface area contributed by atoms with Crippen LogP contribution in [0.1, 0.15) is 53.6 Å². The van der Waals surface area contributed by atoms with Crippen molar-refractivity contribution in [3.8, 4) is 0 Å². The van der Waals surface area contributed by atoms with E-state index in [2.05, 4.69) is 22.0 Å². The van der Waals surface area contributed by atoms with Crippen molar-refractivity contribution >= 4 is 27.7 Å². The number of hydrogen-bond donors (Lipinski definition) is 1. The Morgan fingerprint density at radius 1 is 1.11 bits per heavy atom. The molecule has 1 N–H and O–H groups in total. The van der Waals surface area contributed by atoms with Crippen LogP contribution in [0.2, 0.25) is 0 Å². The van der Waals surface area contributed by atoms with Crippen molar-refractivity contribution in [3.05, 3.63) is 33.3 Å². The minimum atomic E-state index is -0.850. The molecule has 0 spiro atoms. The molecule has 102 valence electrons. The normalized spacial score (nSPS) is 13.9. The van der Waals surface area contributed by atoms with E-state index in [4.69, 9.17) is 5.11 Å². The van der Waals surface area contributed by atoms with E-state index in [1.165, 1.54) is 24.0 Å². The van der Waals surface area contributed by atoms with Gasteiger partial charge in [-0.15, -0.1) is 0 Å². The molecule has 0 aromatic heterocycles. The molecule has 1 aromatic rings. The summed E-state index contributed by atoms with van der Waals surface area (Å²) < 4.78 is 0.841. The smallest absolute Gasteiger partial charge is 0.303 e. The lowest BCUT2D eigenvalue weighted by molar-refractivity contribution is -0.137. The van der Waals surface area contributed by atoms with E-state index in [0.717, 1.165) is 17.3 Å². The minimum Gasteiger partial charge on any atom is -0.481 e. The van der Waals surface area contributed by atoms with Crippen LogP contribution >= 0.6 is 15.9 Å². The Bertz CT molecular complexity index is 508. The number of aliphatic carboxylic acids is 1. The van der Waals surface area contributed by atoms with Crippen LogP contribution in [0.3, 0.4) is 0 Å². The summed E-state index contributed by atoms with van der Waals surface area (Å²) in [6.45, 7) is 0. The summed E-state index contributed by atoms with van der Waals surface area (Å²) in [7, 11) is 0. The molecule has 0 amide bonds. The molecule has 4 heteroatoms. The highest BCUT2D eigenvalue weighted by Gasteiger charge is 2.16. The zero-order valence-corrected chi connectivity index (χ0v) is 12.3. The second-order valence-electron chi connectivity index (χ2n) is 4.98. The van der Waals surface area contributed by atoms with Crippen molar-refractivity contribution < 1.29 is 14.7 Å². The Morgan fingerprint density at radius 2 is 1.74 bits per heavy atom. The number of Topliss-reactive ketones (excluding diaryl/α,β-unsaturated/α-hetero) is 1. The number of aryl methyl sites for hydroxylation is 2. The number of carbonyl (C=O) groups excluding carboxylic acids is 1. The van der Waals surface area contributed by atoms with Gasteiger partial charge in [-0.1, -0.05) is 15.9 Å². The first-order chi connectivity index (χ1) is 9.08. The van der Waals surface area contributed by atoms with E-state index < -0.39 is 5.97 Å². The standard InChI is InChI=1S/C15H17BrO3/c16-13-9-11-5-2-1-4-10(11)8-12(13)14(17)6-3-7-15(18)19/h8-9H,1-7H2,(H,18,19). The van der Waals surface area contributed by atoms with E-state index in [0.29, 0.717) is 18.4 Å². The molecule has 0 atom stereocenters. The largest absolute Gasteiger partial charge is 0.481 e. The molecule has 0 saturated carbocycles. The Hall–Kier alpha value is -1.16. The third kappa shape index (κ3) is 3.66. The van der Waals surface area contributed by atoms with Gasteiger partial charge < -0.3 is 5.11 Å². The number of carboxylic acid groups (broad SMARTS) is 1. The second kappa shape index (κ2) is 6.33. The predicted molar refractivity (Wildman–Crippen MR) is 76.6 cm³/mol. The van der Waals surface area contributed by atoms with Gasteiger partial charge in [-0.2, -0.15) is 0 Å². The first-order valence-electron chi connectivity index (χ1n) is 6.64. The maximum atomic E-state index is 12.1. The number of fused-ring (bicyclic) bond motifs is 1. The highest BCUT2D eigenvalue weighted by Crippen LogP contribution is 2.28. The summed E-state index contributed by atoms with van der Waals surface area (Å²) in [4.78, 5) is 22.6. The van der Waals surface area contributed by atoms with Gasteiger partial charge in [0, 0.05) is 22.9 Å². The van der Waals surface area contributed by atoms with E-state index in [9.17, 15) is 9.59 Å². The molecular formula is C15H17BrO3. The molecule has 0 unspecified atom stereocenters. The molecule has 0 aliphatic heterocycles. The fourth-order valence-electron chi connectivity index (χ4n) is 2.50. The van der Waals surface area contributed by atoms with Gasteiger partial charge in [0.25, 0.3) is 0 Å². The number of rotatable bonds is 5. The van der Waals surface area contributed by atoms with Crippen molar-refractivity contribution in [2.45, 2.75) is 44.9 Å². The van der Waals surface area contributed by atoms with Crippen LogP contribution in [-0.4, -0.2) is 16.9 Å². The first kappa shape index (κ1) is 14.3. The van der Waals surface area contributed by atoms with Crippen LogP contribution in [0.25, 0.3) is 0 Å². The molecular weight excluding hydrogens is 308 g/mol. The van der Waals surface area contributed by atoms with Gasteiger partial charge >= 0.3 is 5.97 Å². The van der Waals surface area contributed by atoms with Crippen molar-refractivity contribution in [3.63, 3.8) is 0 Å². The van der Waals surface area contributed by atoms with Gasteiger partial charge in [0.2, 0.25) is 0 Å². The van der Waals surface area contributed by atoms with Crippen LogP contribution in [0.4, 0.5) is 0 Å². The molecule has 1 aliphatic rings. The van der Waals surface area contributed by atoms with Crippen molar-refractivity contribution in [1.82, 2.24) is 0 Å². The first-order valence-corrected chi connectivity index (χ1v) is 7.43. The Kier molecular flexibility index (Phi) is 4.75. The van der Waals surface area contributed by atoms with Crippen molar-refractivity contribution in [1.29, 1.82) is 0 Å². The lowest BCUT2D eigenvalue weighted by atomic mass is 9.89. The lowest BCUT2D eigenvalue weighted by Crippen LogP contribution is -2.08. The summed E-state index contributed by atoms with van der Waals surface area (Å²) in [5, 5.41) is 8.59. The molecule has 0 radical (unpaired) electrons. The molecule has 2 rings (SSSR count). The number of benzene rings is 1. The molecule has 1 aromatic carbocycles. The second-order valence-corrected chi connectivity index (χ2v) is 5.83. The van der Waals surface area contributed by atoms with Crippen LogP contribution in [0.5, 0.6) is 0 Å². The summed E-state index contributed by atoms with van der Waals surface area (Å²) in [6, 6.07) is 4.04. The number of halogens is 1. The van der Waals surface area contributed by atoms with Gasteiger partial charge in [-0.25, -0.2) is 0 Å². The number of hydrogen-bond acceptors (Lipinski definition) is 2. The highest BCUT2D eigenvalue weighted by molar-refractivity contribution is 9.10. The number of ketones is 1. The van der Waals surface area contributed by atoms with E-state index in [-0.39, 0.29) is 12.2 Å². The Labute approximate surface area is 121 Å². The molecule has 0 fully saturated rings. The average Bonchev–Trinajstić information content (AvgIpc) is 2.37. The summed E-state index contributed by atoms with van der Waals surface area (Å²) in [5.74, 6) is -0.821. The molecule has 0 bridgehead atoms. The Balaban J connectivity index is 2.11. The molecule has 19 heavy (non-hydrogen) atoms. The third-order valence-electron chi connectivity index (χ3n) is 3.53. The van der Waals surface area contributed by atoms with Gasteiger partial charge in [0.15, 0.2) is 5.78 Å². The minimum absolute atomic E-state index is 0.0292. The van der Waals surface area contributed by atoms with Gasteiger partial charge in [-0.3, -0.25) is 9.59 Å². The van der Waals surface area contributed by atoms with Gasteiger partial charge in [0.1, 0.15) is 0 Å². The maximum Gasteiger partial charge on any atom is 0.303 e. The van der Waals surface area contributed by atoms with E-state index >= 15 is 0 Å². The predicted octanol–water partition coefficient (Wildman–Crippen LogP) is 3.77. The van der Waals surface area contributed by atoms with Crippen LogP contribution in [-0.2, 0) is 17.6 Å². The molecule has 3 nitrogen and oxygen atoms in total. The molecule has 0 heterocycles. The van der Waals surface area contributed by atoms with E-state index in [1.54, 1.807) is 0 Å². The van der Waals surface area contributed by atoms with Gasteiger partial charge in [0.05, 0.1) is 0 Å². The van der Waals surface area contributed by atoms with Crippen molar-refractivity contribution in [2.75, 3.05) is 0 Å². The topological polar surface area (TPSA) is 54.4 Å². The van der Waals surface area contributed by atoms with E-state index in [1.807, 2.05) is 6.07 Å². The fraction of sp³-hybridized carbons (Fsp3) is 0.467. The van der Waals surface area contributed by atoms with Crippen LogP contribution in [0.15, 0.2) is 16.6 Å². The quantitative estimate of drug-likeness (QED) is 0.839. The number of carboxylic acids is 1.